The Morgan fingerprint density at radius 3 is 0.670 bits per heavy atom. The number of hydrogen-bond acceptors (Lipinski definition) is 15. The first-order valence-corrected chi connectivity index (χ1v) is 48.2. The van der Waals surface area contributed by atoms with E-state index in [1.807, 2.05) is 0 Å². The van der Waals surface area contributed by atoms with Gasteiger partial charge in [0.2, 0.25) is 0 Å². The van der Waals surface area contributed by atoms with Gasteiger partial charge in [0.15, 0.2) is 12.2 Å². The van der Waals surface area contributed by atoms with Crippen molar-refractivity contribution < 1.29 is 80.2 Å². The zero-order chi connectivity index (χ0) is 77.6. The Kier molecular flexibility index (Phi) is 78.2. The van der Waals surface area contributed by atoms with Crippen LogP contribution in [0.3, 0.4) is 0 Å². The van der Waals surface area contributed by atoms with Crippen molar-refractivity contribution in [3.63, 3.8) is 0 Å². The monoisotopic (exact) mass is 1550 g/mol. The van der Waals surface area contributed by atoms with Gasteiger partial charge < -0.3 is 33.8 Å². The van der Waals surface area contributed by atoms with Gasteiger partial charge in [-0.15, -0.1) is 0 Å². The molecule has 106 heavy (non-hydrogen) atoms. The second-order valence-corrected chi connectivity index (χ2v) is 34.4. The highest BCUT2D eigenvalue weighted by atomic mass is 31.2. The maximum atomic E-state index is 13.2. The van der Waals surface area contributed by atoms with Gasteiger partial charge in [-0.25, -0.2) is 9.13 Å². The fourth-order valence-electron chi connectivity index (χ4n) is 13.6. The van der Waals surface area contributed by atoms with Crippen molar-refractivity contribution in [3.05, 3.63) is 0 Å². The van der Waals surface area contributed by atoms with Crippen LogP contribution in [0.4, 0.5) is 0 Å². The minimum Gasteiger partial charge on any atom is -0.462 e. The lowest BCUT2D eigenvalue weighted by molar-refractivity contribution is -0.161. The number of hydrogen-bond donors (Lipinski definition) is 3. The van der Waals surface area contributed by atoms with Gasteiger partial charge in [-0.1, -0.05) is 420 Å². The number of aliphatic hydroxyl groups excluding tert-OH is 1. The van der Waals surface area contributed by atoms with Crippen LogP contribution in [0.5, 0.6) is 0 Å². The summed E-state index contributed by atoms with van der Waals surface area (Å²) in [5, 5.41) is 10.7. The number of phosphoric ester groups is 2. The summed E-state index contributed by atoms with van der Waals surface area (Å²) in [6.45, 7) is 7.40. The molecule has 6 atom stereocenters. The van der Waals surface area contributed by atoms with Crippen LogP contribution in [-0.2, 0) is 65.4 Å². The zero-order valence-electron chi connectivity index (χ0n) is 69.6. The van der Waals surface area contributed by atoms with Crippen molar-refractivity contribution in [3.8, 4) is 0 Å². The van der Waals surface area contributed by atoms with Crippen molar-refractivity contribution in [1.29, 1.82) is 0 Å². The molecule has 0 rings (SSSR count). The standard InChI is InChI=1S/C87H170O17P2/c1-6-10-13-16-19-22-24-26-28-29-30-31-32-33-37-40-44-47-51-56-61-66-71-85(90)98-77-83(104-87(92)73-68-63-58-53-49-45-41-38-35-34-36-39-42-46-50-54-59-64-69-80(5)9-4)79-102-106(95,96)100-75-81(88)74-99-105(93,94)101-78-82(76-97-84(89)70-65-60-55-21-18-15-12-8-3)103-86(91)72-67-62-57-52-48-43-27-25-23-20-17-14-11-7-2/h80-83,88H,6-79H2,1-5H3,(H,93,94)(H,95,96)/t80?,81-,82+,83+/m0/s1. The molecule has 0 saturated carbocycles. The Labute approximate surface area is 651 Å². The maximum absolute atomic E-state index is 13.2. The topological polar surface area (TPSA) is 237 Å². The molecule has 19 heteroatoms. The molecule has 0 aliphatic rings. The van der Waals surface area contributed by atoms with E-state index >= 15 is 0 Å². The van der Waals surface area contributed by atoms with Gasteiger partial charge in [0.05, 0.1) is 26.4 Å². The van der Waals surface area contributed by atoms with Crippen LogP contribution < -0.4 is 0 Å². The molecule has 0 aliphatic carbocycles. The van der Waals surface area contributed by atoms with E-state index in [1.54, 1.807) is 0 Å². The van der Waals surface area contributed by atoms with Gasteiger partial charge >= 0.3 is 39.5 Å². The summed E-state index contributed by atoms with van der Waals surface area (Å²) in [4.78, 5) is 73.1. The second-order valence-electron chi connectivity index (χ2n) is 31.5. The van der Waals surface area contributed by atoms with Crippen LogP contribution >= 0.6 is 15.6 Å². The highest BCUT2D eigenvalue weighted by molar-refractivity contribution is 7.47. The molecular formula is C87H170O17P2. The smallest absolute Gasteiger partial charge is 0.462 e. The molecule has 0 radical (unpaired) electrons. The predicted molar refractivity (Wildman–Crippen MR) is 437 cm³/mol. The second kappa shape index (κ2) is 79.7. The first kappa shape index (κ1) is 104. The minimum absolute atomic E-state index is 0.108. The third kappa shape index (κ3) is 78.7. The lowest BCUT2D eigenvalue weighted by Crippen LogP contribution is -2.30. The van der Waals surface area contributed by atoms with E-state index in [4.69, 9.17) is 37.0 Å². The lowest BCUT2D eigenvalue weighted by Gasteiger charge is -2.21. The zero-order valence-corrected chi connectivity index (χ0v) is 71.4. The number of rotatable bonds is 87. The first-order chi connectivity index (χ1) is 51.6. The number of carbonyl (C=O) groups is 4. The number of unbranched alkanes of at least 4 members (excludes halogenated alkanes) is 58. The van der Waals surface area contributed by atoms with E-state index in [0.29, 0.717) is 25.7 Å². The van der Waals surface area contributed by atoms with Crippen LogP contribution in [-0.4, -0.2) is 96.7 Å². The largest absolute Gasteiger partial charge is 0.472 e. The van der Waals surface area contributed by atoms with Gasteiger partial charge in [0.25, 0.3) is 0 Å². The van der Waals surface area contributed by atoms with Crippen molar-refractivity contribution >= 4 is 39.5 Å². The third-order valence-corrected chi connectivity index (χ3v) is 22.8. The van der Waals surface area contributed by atoms with Gasteiger partial charge in [0.1, 0.15) is 19.3 Å². The van der Waals surface area contributed by atoms with Crippen molar-refractivity contribution in [1.82, 2.24) is 0 Å². The van der Waals surface area contributed by atoms with Gasteiger partial charge in [0, 0.05) is 25.7 Å². The van der Waals surface area contributed by atoms with Gasteiger partial charge in [-0.2, -0.15) is 0 Å². The quantitative estimate of drug-likeness (QED) is 0.0222. The number of ether oxygens (including phenoxy) is 4. The van der Waals surface area contributed by atoms with Crippen LogP contribution in [0.15, 0.2) is 0 Å². The SMILES string of the molecule is CCCCCCCCCCCCCCCCCCCCCCCCC(=O)OC[C@H](COP(=O)(O)OC[C@@H](O)COP(=O)(O)OC[C@@H](COC(=O)CCCCCCCCCC)OC(=O)CCCCCCCCCCCCCCCC)OC(=O)CCCCCCCCCCCCCCCCCCCCC(C)CC. The highest BCUT2D eigenvalue weighted by Gasteiger charge is 2.30. The lowest BCUT2D eigenvalue weighted by atomic mass is 9.99. The van der Waals surface area contributed by atoms with E-state index in [0.717, 1.165) is 95.8 Å². The molecule has 0 saturated heterocycles. The highest BCUT2D eigenvalue weighted by Crippen LogP contribution is 2.45. The predicted octanol–water partition coefficient (Wildman–Crippen LogP) is 26.8. The molecule has 0 aliphatic heterocycles. The molecule has 0 aromatic heterocycles. The summed E-state index contributed by atoms with van der Waals surface area (Å²) >= 11 is 0. The normalized spacial score (nSPS) is 14.0. The summed E-state index contributed by atoms with van der Waals surface area (Å²) in [6, 6.07) is 0. The summed E-state index contributed by atoms with van der Waals surface area (Å²) in [6.07, 6.45) is 73.8. The van der Waals surface area contributed by atoms with E-state index in [1.165, 1.54) is 295 Å². The Balaban J connectivity index is 5.16. The summed E-state index contributed by atoms with van der Waals surface area (Å²) in [5.74, 6) is -1.23. The van der Waals surface area contributed by atoms with Crippen molar-refractivity contribution in [2.45, 2.75) is 490 Å². The minimum atomic E-state index is -4.97. The molecule has 0 aromatic carbocycles. The third-order valence-electron chi connectivity index (χ3n) is 20.9. The molecule has 630 valence electrons. The van der Waals surface area contributed by atoms with Crippen LogP contribution in [0.1, 0.15) is 471 Å². The first-order valence-electron chi connectivity index (χ1n) is 45.2. The molecule has 17 nitrogen and oxygen atoms in total. The van der Waals surface area contributed by atoms with Gasteiger partial charge in [-0.3, -0.25) is 37.3 Å². The Morgan fingerprint density at radius 1 is 0.264 bits per heavy atom. The number of aliphatic hydroxyl groups is 1. The molecule has 3 N–H and O–H groups in total. The molecule has 0 bridgehead atoms. The van der Waals surface area contributed by atoms with E-state index < -0.39 is 97.5 Å². The van der Waals surface area contributed by atoms with Crippen LogP contribution in [0, 0.1) is 5.92 Å². The molecule has 0 aromatic rings. The van der Waals surface area contributed by atoms with E-state index in [-0.39, 0.29) is 25.7 Å². The van der Waals surface area contributed by atoms with Crippen LogP contribution in [0.25, 0.3) is 0 Å². The summed E-state index contributed by atoms with van der Waals surface area (Å²) in [5.41, 5.74) is 0. The van der Waals surface area contributed by atoms with E-state index in [2.05, 4.69) is 34.6 Å². The average Bonchev–Trinajstić information content (AvgIpc) is 0.906. The molecular weight excluding hydrogens is 1380 g/mol. The Bertz CT molecular complexity index is 2020. The number of esters is 4. The van der Waals surface area contributed by atoms with Crippen molar-refractivity contribution in [2.24, 2.45) is 5.92 Å². The van der Waals surface area contributed by atoms with Crippen LogP contribution in [0.2, 0.25) is 0 Å². The summed E-state index contributed by atoms with van der Waals surface area (Å²) in [7, 11) is -9.92. The molecule has 0 fully saturated rings. The summed E-state index contributed by atoms with van der Waals surface area (Å²) < 4.78 is 68.8. The maximum Gasteiger partial charge on any atom is 0.472 e. The molecule has 3 unspecified atom stereocenters. The molecule has 0 heterocycles. The Hall–Kier alpha value is -1.94. The number of carbonyl (C=O) groups excluding carboxylic acids is 4. The average molecular weight is 1550 g/mol. The number of phosphoric acid groups is 2. The fourth-order valence-corrected chi connectivity index (χ4v) is 15.2. The molecule has 0 spiro atoms. The van der Waals surface area contributed by atoms with E-state index in [9.17, 15) is 43.2 Å². The fraction of sp³-hybridized carbons (Fsp3) is 0.954. The van der Waals surface area contributed by atoms with Gasteiger partial charge in [-0.05, 0) is 31.6 Å². The molecule has 0 amide bonds. The Morgan fingerprint density at radius 2 is 0.453 bits per heavy atom. The van der Waals surface area contributed by atoms with Crippen molar-refractivity contribution in [2.75, 3.05) is 39.6 Å².